The fraction of sp³-hybridized carbons (Fsp3) is 0.286. The molecule has 0 saturated carbocycles. The molecule has 3 heterocycles. The molecule has 1 atom stereocenters. The number of fused-ring (bicyclic) bond motifs is 2. The summed E-state index contributed by atoms with van der Waals surface area (Å²) in [6.07, 6.45) is 4.07. The molecule has 1 aliphatic heterocycles. The second-order valence-electron chi connectivity index (χ2n) is 7.09. The summed E-state index contributed by atoms with van der Waals surface area (Å²) in [5, 5.41) is 6.25. The minimum Gasteiger partial charge on any atom is -0.467 e. The highest BCUT2D eigenvalue weighted by Crippen LogP contribution is 2.37. The number of thiazole rings is 1. The van der Waals surface area contributed by atoms with Crippen LogP contribution in [0.1, 0.15) is 45.4 Å². The third-order valence-corrected chi connectivity index (χ3v) is 6.19. The molecule has 2 N–H and O–H groups in total. The molecule has 1 aromatic carbocycles. The van der Waals surface area contributed by atoms with Gasteiger partial charge in [0.25, 0.3) is 5.91 Å². The van der Waals surface area contributed by atoms with Crippen molar-refractivity contribution in [2.24, 2.45) is 0 Å². The lowest BCUT2D eigenvalue weighted by Gasteiger charge is -2.20. The molecule has 0 bridgehead atoms. The molecule has 9 heteroatoms. The zero-order valence-corrected chi connectivity index (χ0v) is 16.8. The number of hydrogen-bond donors (Lipinski definition) is 2. The third-order valence-electron chi connectivity index (χ3n) is 5.14. The Morgan fingerprint density at radius 1 is 1.20 bits per heavy atom. The molecule has 30 heavy (non-hydrogen) atoms. The van der Waals surface area contributed by atoms with Crippen LogP contribution in [0.3, 0.4) is 0 Å². The van der Waals surface area contributed by atoms with E-state index in [-0.39, 0.29) is 24.5 Å². The molecular formula is C21H19N3O5S. The maximum Gasteiger partial charge on any atom is 0.257 e. The second-order valence-corrected chi connectivity index (χ2v) is 8.18. The quantitative estimate of drug-likeness (QED) is 0.649. The minimum absolute atomic E-state index is 0.0775. The van der Waals surface area contributed by atoms with E-state index in [4.69, 9.17) is 13.9 Å². The zero-order chi connectivity index (χ0) is 20.5. The van der Waals surface area contributed by atoms with E-state index in [2.05, 4.69) is 15.6 Å². The number of anilines is 1. The van der Waals surface area contributed by atoms with E-state index in [1.165, 1.54) is 11.3 Å². The van der Waals surface area contributed by atoms with Crippen LogP contribution in [0.5, 0.6) is 11.5 Å². The standard InChI is InChI=1S/C21H19N3O5S/c25-19(12-6-7-15-16(9-12)29-11-28-15)24-21-23-18-14(4-1-5-17(18)30-21)20(26)22-10-13-3-2-8-27-13/h2-3,6-9,14H,1,4-5,10-11H2,(H,22,26)(H,23,24,25)/t14-/m0/s1. The first-order valence-electron chi connectivity index (χ1n) is 9.68. The van der Waals surface area contributed by atoms with E-state index in [1.807, 2.05) is 6.07 Å². The normalized spacial score (nSPS) is 16.7. The van der Waals surface area contributed by atoms with Crippen LogP contribution in [0.25, 0.3) is 0 Å². The summed E-state index contributed by atoms with van der Waals surface area (Å²) in [7, 11) is 0. The van der Waals surface area contributed by atoms with Gasteiger partial charge in [-0.15, -0.1) is 11.3 Å². The first-order chi connectivity index (χ1) is 14.7. The maximum absolute atomic E-state index is 12.7. The molecule has 1 aliphatic carbocycles. The van der Waals surface area contributed by atoms with E-state index >= 15 is 0 Å². The molecule has 0 saturated heterocycles. The predicted octanol–water partition coefficient (Wildman–Crippen LogP) is 3.45. The average Bonchev–Trinajstić information content (AvgIpc) is 3.51. The molecule has 3 aromatic rings. The number of amides is 2. The van der Waals surface area contributed by atoms with Crippen LogP contribution in [0.15, 0.2) is 41.0 Å². The van der Waals surface area contributed by atoms with Crippen LogP contribution < -0.4 is 20.1 Å². The Kier molecular flexibility index (Phi) is 4.88. The molecule has 0 unspecified atom stereocenters. The summed E-state index contributed by atoms with van der Waals surface area (Å²) >= 11 is 1.42. The van der Waals surface area contributed by atoms with Crippen molar-refractivity contribution in [3.05, 3.63) is 58.5 Å². The lowest BCUT2D eigenvalue weighted by atomic mass is 9.90. The van der Waals surface area contributed by atoms with E-state index < -0.39 is 0 Å². The van der Waals surface area contributed by atoms with Gasteiger partial charge in [0, 0.05) is 10.4 Å². The molecule has 154 valence electrons. The van der Waals surface area contributed by atoms with Crippen molar-refractivity contribution in [1.29, 1.82) is 0 Å². The van der Waals surface area contributed by atoms with Crippen LogP contribution in [-0.2, 0) is 17.8 Å². The third kappa shape index (κ3) is 3.63. The van der Waals surface area contributed by atoms with Gasteiger partial charge in [0.05, 0.1) is 24.4 Å². The number of furan rings is 1. The van der Waals surface area contributed by atoms with Crippen LogP contribution in [0, 0.1) is 0 Å². The number of rotatable bonds is 5. The fourth-order valence-electron chi connectivity index (χ4n) is 3.64. The SMILES string of the molecule is O=C(Nc1nc2c(s1)CCC[C@@H]2C(=O)NCc1ccco1)c1ccc2c(c1)OCO2. The number of carbonyl (C=O) groups excluding carboxylic acids is 2. The van der Waals surface area contributed by atoms with Gasteiger partial charge in [0.15, 0.2) is 16.6 Å². The fourth-order valence-corrected chi connectivity index (χ4v) is 4.70. The molecular weight excluding hydrogens is 406 g/mol. The molecule has 0 radical (unpaired) electrons. The van der Waals surface area contributed by atoms with E-state index in [0.717, 1.165) is 29.8 Å². The smallest absolute Gasteiger partial charge is 0.257 e. The van der Waals surface area contributed by atoms with Crippen molar-refractivity contribution in [2.75, 3.05) is 12.1 Å². The summed E-state index contributed by atoms with van der Waals surface area (Å²) in [4.78, 5) is 31.0. The van der Waals surface area contributed by atoms with Crippen molar-refractivity contribution >= 4 is 28.3 Å². The van der Waals surface area contributed by atoms with E-state index in [9.17, 15) is 9.59 Å². The Labute approximate surface area is 176 Å². The van der Waals surface area contributed by atoms with Crippen LogP contribution in [0.2, 0.25) is 0 Å². The van der Waals surface area contributed by atoms with Gasteiger partial charge in [0.2, 0.25) is 12.7 Å². The highest BCUT2D eigenvalue weighted by molar-refractivity contribution is 7.16. The largest absolute Gasteiger partial charge is 0.467 e. The van der Waals surface area contributed by atoms with Gasteiger partial charge in [0.1, 0.15) is 5.76 Å². The first-order valence-corrected chi connectivity index (χ1v) is 10.5. The summed E-state index contributed by atoms with van der Waals surface area (Å²) in [6.45, 7) is 0.499. The molecule has 0 spiro atoms. The van der Waals surface area contributed by atoms with Gasteiger partial charge in [-0.2, -0.15) is 0 Å². The lowest BCUT2D eigenvalue weighted by Crippen LogP contribution is -2.30. The summed E-state index contributed by atoms with van der Waals surface area (Å²) in [6, 6.07) is 8.65. The Bertz CT molecular complexity index is 1090. The predicted molar refractivity (Wildman–Crippen MR) is 109 cm³/mol. The van der Waals surface area contributed by atoms with Crippen LogP contribution in [-0.4, -0.2) is 23.6 Å². The molecule has 5 rings (SSSR count). The van der Waals surface area contributed by atoms with Crippen LogP contribution in [0.4, 0.5) is 5.13 Å². The summed E-state index contributed by atoms with van der Waals surface area (Å²) < 4.78 is 15.9. The minimum atomic E-state index is -0.323. The van der Waals surface area contributed by atoms with E-state index in [1.54, 1.807) is 30.5 Å². The first kappa shape index (κ1) is 18.7. The number of ether oxygens (including phenoxy) is 2. The Morgan fingerprint density at radius 3 is 2.97 bits per heavy atom. The molecule has 0 fully saturated rings. The zero-order valence-electron chi connectivity index (χ0n) is 16.0. The number of aromatic nitrogens is 1. The van der Waals surface area contributed by atoms with Gasteiger partial charge < -0.3 is 19.2 Å². The highest BCUT2D eigenvalue weighted by atomic mass is 32.1. The summed E-state index contributed by atoms with van der Waals surface area (Å²) in [5.74, 6) is 1.20. The van der Waals surface area contributed by atoms with Crippen molar-refractivity contribution in [3.8, 4) is 11.5 Å². The van der Waals surface area contributed by atoms with Gasteiger partial charge in [-0.25, -0.2) is 4.98 Å². The number of carbonyl (C=O) groups is 2. The van der Waals surface area contributed by atoms with Gasteiger partial charge in [-0.1, -0.05) is 0 Å². The van der Waals surface area contributed by atoms with Crippen molar-refractivity contribution in [1.82, 2.24) is 10.3 Å². The van der Waals surface area contributed by atoms with E-state index in [0.29, 0.717) is 34.5 Å². The number of hydrogen-bond acceptors (Lipinski definition) is 7. The Balaban J connectivity index is 1.29. The Hall–Kier alpha value is -3.33. The monoisotopic (exact) mass is 425 g/mol. The van der Waals surface area contributed by atoms with Crippen molar-refractivity contribution in [3.63, 3.8) is 0 Å². The maximum atomic E-state index is 12.7. The topological polar surface area (TPSA) is 103 Å². The van der Waals surface area contributed by atoms with Crippen molar-refractivity contribution in [2.45, 2.75) is 31.7 Å². The lowest BCUT2D eigenvalue weighted by molar-refractivity contribution is -0.123. The average molecular weight is 425 g/mol. The van der Waals surface area contributed by atoms with Gasteiger partial charge in [-0.3, -0.25) is 14.9 Å². The van der Waals surface area contributed by atoms with Crippen molar-refractivity contribution < 1.29 is 23.5 Å². The van der Waals surface area contributed by atoms with Gasteiger partial charge in [-0.05, 0) is 49.6 Å². The van der Waals surface area contributed by atoms with Crippen LogP contribution >= 0.6 is 11.3 Å². The molecule has 2 aliphatic rings. The summed E-state index contributed by atoms with van der Waals surface area (Å²) in [5.41, 5.74) is 1.21. The Morgan fingerprint density at radius 2 is 2.10 bits per heavy atom. The molecule has 8 nitrogen and oxygen atoms in total. The molecule has 2 aromatic heterocycles. The van der Waals surface area contributed by atoms with Gasteiger partial charge >= 0.3 is 0 Å². The number of nitrogens with one attached hydrogen (secondary N) is 2. The number of aryl methyl sites for hydroxylation is 1. The highest BCUT2D eigenvalue weighted by Gasteiger charge is 2.30. The second kappa shape index (κ2) is 7.83. The molecule has 2 amide bonds. The number of benzene rings is 1. The number of nitrogens with zero attached hydrogens (tertiary/aromatic N) is 1.